The Hall–Kier alpha value is -1.06. The summed E-state index contributed by atoms with van der Waals surface area (Å²) in [7, 11) is 0. The van der Waals surface area contributed by atoms with Crippen LogP contribution in [0.15, 0.2) is 24.3 Å². The average Bonchev–Trinajstić information content (AvgIpc) is 2.85. The van der Waals surface area contributed by atoms with Gasteiger partial charge in [0.25, 0.3) is 0 Å². The molecule has 0 aromatic heterocycles. The number of halogens is 1. The van der Waals surface area contributed by atoms with Crippen molar-refractivity contribution in [1.82, 2.24) is 10.2 Å². The summed E-state index contributed by atoms with van der Waals surface area (Å²) in [6.45, 7) is 3.40. The van der Waals surface area contributed by atoms with Crippen LogP contribution in [-0.4, -0.2) is 29.4 Å². The molecule has 0 saturated carbocycles. The second-order valence-corrected chi connectivity index (χ2v) is 7.09. The van der Waals surface area contributed by atoms with Crippen LogP contribution in [0.3, 0.4) is 0 Å². The maximum Gasteiger partial charge on any atom is 0.223 e. The van der Waals surface area contributed by atoms with E-state index in [-0.39, 0.29) is 5.91 Å². The molecule has 0 radical (unpaired) electrons. The molecule has 2 heterocycles. The van der Waals surface area contributed by atoms with Gasteiger partial charge in [0, 0.05) is 36.6 Å². The Morgan fingerprint density at radius 3 is 2.59 bits per heavy atom. The number of benzene rings is 1. The van der Waals surface area contributed by atoms with Crippen LogP contribution in [0.2, 0.25) is 5.02 Å². The zero-order valence-electron chi connectivity index (χ0n) is 13.2. The number of nitrogens with one attached hydrogen (secondary N) is 1. The molecule has 1 aromatic rings. The molecule has 1 N–H and O–H groups in total. The second kappa shape index (κ2) is 7.01. The van der Waals surface area contributed by atoms with Crippen LogP contribution in [0, 0.1) is 5.92 Å². The largest absolute Gasteiger partial charge is 0.339 e. The molecule has 3 rings (SSSR count). The van der Waals surface area contributed by atoms with Crippen molar-refractivity contribution < 1.29 is 4.79 Å². The molecule has 2 aliphatic heterocycles. The molecule has 2 saturated heterocycles. The third-order valence-corrected chi connectivity index (χ3v) is 5.46. The third kappa shape index (κ3) is 3.64. The lowest BCUT2D eigenvalue weighted by Gasteiger charge is -2.30. The minimum atomic E-state index is 0.272. The van der Waals surface area contributed by atoms with Crippen molar-refractivity contribution in [2.45, 2.75) is 57.7 Å². The molecule has 2 bridgehead atoms. The number of amides is 1. The molecule has 2 fully saturated rings. The number of nitrogens with zero attached hydrogens (tertiary/aromatic N) is 1. The summed E-state index contributed by atoms with van der Waals surface area (Å²) >= 11 is 6.22. The predicted octanol–water partition coefficient (Wildman–Crippen LogP) is 3.61. The Bertz CT molecular complexity index is 522. The van der Waals surface area contributed by atoms with Gasteiger partial charge in [0.05, 0.1) is 0 Å². The van der Waals surface area contributed by atoms with Gasteiger partial charge < -0.3 is 10.2 Å². The normalized spacial score (nSPS) is 26.9. The van der Waals surface area contributed by atoms with Gasteiger partial charge in [-0.05, 0) is 50.2 Å². The second-order valence-electron chi connectivity index (χ2n) is 6.68. The summed E-state index contributed by atoms with van der Waals surface area (Å²) in [5, 5.41) is 4.39. The molecular weight excluding hydrogens is 296 g/mol. The highest BCUT2D eigenvalue weighted by atomic mass is 35.5. The predicted molar refractivity (Wildman–Crippen MR) is 89.8 cm³/mol. The lowest BCUT2D eigenvalue weighted by molar-refractivity contribution is -0.132. The standard InChI is InChI=1S/C18H25ClN2O/c1-2-21(12-14-5-3-4-6-17(14)19)18(22)11-13-9-15-7-8-16(10-13)20-15/h3-6,13,15-16,20H,2,7-12H2,1H3. The molecule has 3 nitrogen and oxygen atoms in total. The number of carbonyl (C=O) groups excluding carboxylic acids is 1. The lowest BCUT2D eigenvalue weighted by atomic mass is 9.89. The Labute approximate surface area is 138 Å². The topological polar surface area (TPSA) is 32.3 Å². The summed E-state index contributed by atoms with van der Waals surface area (Å²) in [5.74, 6) is 0.820. The summed E-state index contributed by atoms with van der Waals surface area (Å²) in [4.78, 5) is 14.6. The average molecular weight is 321 g/mol. The van der Waals surface area contributed by atoms with Gasteiger partial charge in [-0.3, -0.25) is 4.79 Å². The fraction of sp³-hybridized carbons (Fsp3) is 0.611. The van der Waals surface area contributed by atoms with Crippen molar-refractivity contribution in [3.05, 3.63) is 34.9 Å². The minimum absolute atomic E-state index is 0.272. The Morgan fingerprint density at radius 1 is 1.27 bits per heavy atom. The summed E-state index contributed by atoms with van der Waals surface area (Å²) in [5.41, 5.74) is 1.03. The molecule has 4 heteroatoms. The number of carbonyl (C=O) groups is 1. The molecule has 1 aromatic carbocycles. The molecule has 1 amide bonds. The number of hydrogen-bond donors (Lipinski definition) is 1. The summed E-state index contributed by atoms with van der Waals surface area (Å²) in [6, 6.07) is 9.09. The van der Waals surface area contributed by atoms with E-state index in [0.29, 0.717) is 31.0 Å². The van der Waals surface area contributed by atoms with Crippen molar-refractivity contribution in [2.24, 2.45) is 5.92 Å². The minimum Gasteiger partial charge on any atom is -0.339 e. The van der Waals surface area contributed by atoms with Gasteiger partial charge in [-0.25, -0.2) is 0 Å². The van der Waals surface area contributed by atoms with E-state index in [1.165, 1.54) is 12.8 Å². The Kier molecular flexibility index (Phi) is 5.04. The van der Waals surface area contributed by atoms with Crippen LogP contribution >= 0.6 is 11.6 Å². The Morgan fingerprint density at radius 2 is 1.95 bits per heavy atom. The van der Waals surface area contributed by atoms with Crippen molar-refractivity contribution in [3.8, 4) is 0 Å². The molecule has 120 valence electrons. The highest BCUT2D eigenvalue weighted by Gasteiger charge is 2.34. The first-order valence-corrected chi connectivity index (χ1v) is 8.80. The quantitative estimate of drug-likeness (QED) is 0.899. The number of rotatable bonds is 5. The summed E-state index contributed by atoms with van der Waals surface area (Å²) in [6.07, 6.45) is 5.57. The first kappa shape index (κ1) is 15.8. The zero-order valence-corrected chi connectivity index (χ0v) is 14.0. The van der Waals surface area contributed by atoms with E-state index in [1.54, 1.807) is 0 Å². The van der Waals surface area contributed by atoms with Gasteiger partial charge in [0.2, 0.25) is 5.91 Å². The SMILES string of the molecule is CCN(Cc1ccccc1Cl)C(=O)CC1CC2CCC(C1)N2. The number of piperidine rings is 1. The lowest BCUT2D eigenvalue weighted by Crippen LogP contribution is -2.40. The van der Waals surface area contributed by atoms with E-state index in [0.717, 1.165) is 30.0 Å². The van der Waals surface area contributed by atoms with Crippen LogP contribution in [-0.2, 0) is 11.3 Å². The highest BCUT2D eigenvalue weighted by Crippen LogP contribution is 2.33. The van der Waals surface area contributed by atoms with Crippen LogP contribution in [0.1, 0.15) is 44.6 Å². The first-order valence-electron chi connectivity index (χ1n) is 8.43. The number of hydrogen-bond acceptors (Lipinski definition) is 2. The van der Waals surface area contributed by atoms with E-state index in [1.807, 2.05) is 36.1 Å². The molecule has 2 unspecified atom stereocenters. The maximum atomic E-state index is 12.7. The fourth-order valence-electron chi connectivity index (χ4n) is 3.93. The van der Waals surface area contributed by atoms with Gasteiger partial charge in [-0.15, -0.1) is 0 Å². The fourth-order valence-corrected chi connectivity index (χ4v) is 4.12. The molecule has 0 aliphatic carbocycles. The van der Waals surface area contributed by atoms with E-state index in [2.05, 4.69) is 5.32 Å². The van der Waals surface area contributed by atoms with Gasteiger partial charge in [0.1, 0.15) is 0 Å². The molecule has 2 aliphatic rings. The monoisotopic (exact) mass is 320 g/mol. The summed E-state index contributed by atoms with van der Waals surface area (Å²) < 4.78 is 0. The van der Waals surface area contributed by atoms with E-state index < -0.39 is 0 Å². The van der Waals surface area contributed by atoms with Crippen LogP contribution < -0.4 is 5.32 Å². The van der Waals surface area contributed by atoms with Crippen molar-refractivity contribution in [2.75, 3.05) is 6.54 Å². The van der Waals surface area contributed by atoms with Crippen LogP contribution in [0.5, 0.6) is 0 Å². The van der Waals surface area contributed by atoms with Crippen molar-refractivity contribution in [3.63, 3.8) is 0 Å². The van der Waals surface area contributed by atoms with Crippen LogP contribution in [0.25, 0.3) is 0 Å². The molecular formula is C18H25ClN2O. The van der Waals surface area contributed by atoms with Gasteiger partial charge in [-0.2, -0.15) is 0 Å². The van der Waals surface area contributed by atoms with E-state index in [9.17, 15) is 4.79 Å². The zero-order chi connectivity index (χ0) is 15.5. The number of fused-ring (bicyclic) bond motifs is 2. The van der Waals surface area contributed by atoms with Gasteiger partial charge in [0.15, 0.2) is 0 Å². The van der Waals surface area contributed by atoms with E-state index in [4.69, 9.17) is 11.6 Å². The van der Waals surface area contributed by atoms with E-state index >= 15 is 0 Å². The third-order valence-electron chi connectivity index (χ3n) is 5.09. The molecule has 2 atom stereocenters. The van der Waals surface area contributed by atoms with Gasteiger partial charge >= 0.3 is 0 Å². The van der Waals surface area contributed by atoms with Gasteiger partial charge in [-0.1, -0.05) is 29.8 Å². The maximum absolute atomic E-state index is 12.7. The molecule has 0 spiro atoms. The smallest absolute Gasteiger partial charge is 0.223 e. The van der Waals surface area contributed by atoms with Crippen LogP contribution in [0.4, 0.5) is 0 Å². The Balaban J connectivity index is 1.58. The van der Waals surface area contributed by atoms with Crippen molar-refractivity contribution >= 4 is 17.5 Å². The first-order chi connectivity index (χ1) is 10.7. The van der Waals surface area contributed by atoms with Crippen molar-refractivity contribution in [1.29, 1.82) is 0 Å². The highest BCUT2D eigenvalue weighted by molar-refractivity contribution is 6.31. The molecule has 22 heavy (non-hydrogen) atoms.